The molecule has 0 spiro atoms. The topological polar surface area (TPSA) is 66.4 Å². The molecule has 0 fully saturated rings. The molecule has 1 unspecified atom stereocenters. The van der Waals surface area contributed by atoms with E-state index in [1.807, 2.05) is 21.1 Å². The van der Waals surface area contributed by atoms with E-state index in [9.17, 15) is 14.7 Å². The molecule has 0 amide bonds. The van der Waals surface area contributed by atoms with Gasteiger partial charge in [-0.25, -0.2) is 0 Å². The number of unbranched alkanes of at least 4 members (excludes halogenated alkanes) is 8. The summed E-state index contributed by atoms with van der Waals surface area (Å²) in [6, 6.07) is 0. The minimum absolute atomic E-state index is 0. The second-order valence-electron chi connectivity index (χ2n) is 9.21. The molecule has 174 valence electrons. The summed E-state index contributed by atoms with van der Waals surface area (Å²) >= 11 is 0. The third-order valence-corrected chi connectivity index (χ3v) is 5.07. The van der Waals surface area contributed by atoms with E-state index in [1.165, 1.54) is 38.5 Å². The first-order valence-electron chi connectivity index (χ1n) is 11.4. The molecule has 6 heteroatoms. The minimum Gasteiger partial charge on any atom is -0.550 e. The van der Waals surface area contributed by atoms with Crippen LogP contribution in [0, 0.1) is 5.92 Å². The Bertz CT molecular complexity index is 424. The zero-order chi connectivity index (χ0) is 21.4. The Kier molecular flexibility index (Phi) is 18.9. The highest BCUT2D eigenvalue weighted by molar-refractivity contribution is 5.85. The number of carbonyl (C=O) groups excluding carboxylic acids is 2. The summed E-state index contributed by atoms with van der Waals surface area (Å²) < 4.78 is 6.22. The summed E-state index contributed by atoms with van der Waals surface area (Å²) in [5.41, 5.74) is 0. The van der Waals surface area contributed by atoms with Gasteiger partial charge < -0.3 is 19.1 Å². The van der Waals surface area contributed by atoms with Gasteiger partial charge in [0.2, 0.25) is 0 Å². The van der Waals surface area contributed by atoms with Crippen LogP contribution in [0.4, 0.5) is 0 Å². The number of ether oxygens (including phenoxy) is 1. The third kappa shape index (κ3) is 18.9. The van der Waals surface area contributed by atoms with Crippen molar-refractivity contribution in [2.75, 3.05) is 27.7 Å². The normalized spacial score (nSPS) is 13.4. The van der Waals surface area contributed by atoms with Crippen LogP contribution in [0.25, 0.3) is 0 Å². The molecular weight excluding hydrogens is 390 g/mol. The van der Waals surface area contributed by atoms with Crippen molar-refractivity contribution in [3.63, 3.8) is 0 Å². The number of aliphatic carboxylic acids is 1. The number of hydrogen-bond donors (Lipinski definition) is 0. The Morgan fingerprint density at radius 3 is 1.72 bits per heavy atom. The SMILES string of the molecule is CCCCCCCCC(CCCCCC)C(=O)O[C@H](CC(=O)[O-])C[N+](C)(C)C.Cl. The van der Waals surface area contributed by atoms with Crippen molar-refractivity contribution in [3.05, 3.63) is 0 Å². The average molecular weight is 436 g/mol. The molecule has 0 aromatic heterocycles. The lowest BCUT2D eigenvalue weighted by atomic mass is 9.94. The summed E-state index contributed by atoms with van der Waals surface area (Å²) in [5.74, 6) is -1.49. The molecule has 0 aromatic carbocycles. The van der Waals surface area contributed by atoms with Crippen LogP contribution in [0.1, 0.15) is 97.3 Å². The largest absolute Gasteiger partial charge is 0.550 e. The zero-order valence-corrected chi connectivity index (χ0v) is 20.4. The van der Waals surface area contributed by atoms with Crippen molar-refractivity contribution in [2.24, 2.45) is 5.92 Å². The van der Waals surface area contributed by atoms with Crippen LogP contribution in [-0.4, -0.2) is 50.2 Å². The first kappa shape index (κ1) is 30.4. The van der Waals surface area contributed by atoms with E-state index in [4.69, 9.17) is 4.74 Å². The Labute approximate surface area is 185 Å². The fourth-order valence-electron chi connectivity index (χ4n) is 3.57. The van der Waals surface area contributed by atoms with E-state index in [0.717, 1.165) is 38.5 Å². The molecule has 0 saturated carbocycles. The van der Waals surface area contributed by atoms with Crippen molar-refractivity contribution in [3.8, 4) is 0 Å². The van der Waals surface area contributed by atoms with Gasteiger partial charge in [0.1, 0.15) is 6.54 Å². The summed E-state index contributed by atoms with van der Waals surface area (Å²) in [4.78, 5) is 23.9. The van der Waals surface area contributed by atoms with Crippen LogP contribution >= 0.6 is 12.4 Å². The van der Waals surface area contributed by atoms with Gasteiger partial charge in [-0.2, -0.15) is 0 Å². The van der Waals surface area contributed by atoms with E-state index >= 15 is 0 Å². The fourth-order valence-corrected chi connectivity index (χ4v) is 3.57. The molecule has 0 saturated heterocycles. The molecule has 0 aromatic rings. The first-order chi connectivity index (χ1) is 13.2. The highest BCUT2D eigenvalue weighted by Crippen LogP contribution is 2.21. The zero-order valence-electron chi connectivity index (χ0n) is 19.5. The molecule has 0 N–H and O–H groups in total. The number of carboxylic acid groups (broad SMARTS) is 1. The van der Waals surface area contributed by atoms with Gasteiger partial charge >= 0.3 is 5.97 Å². The number of halogens is 1. The van der Waals surface area contributed by atoms with Crippen molar-refractivity contribution in [1.82, 2.24) is 0 Å². The Morgan fingerprint density at radius 2 is 1.28 bits per heavy atom. The molecule has 29 heavy (non-hydrogen) atoms. The van der Waals surface area contributed by atoms with Crippen molar-refractivity contribution in [2.45, 2.75) is 103 Å². The Morgan fingerprint density at radius 1 is 0.828 bits per heavy atom. The Hall–Kier alpha value is -0.810. The number of carbonyl (C=O) groups is 2. The molecule has 0 radical (unpaired) electrons. The predicted octanol–water partition coefficient (Wildman–Crippen LogP) is 4.50. The lowest BCUT2D eigenvalue weighted by Crippen LogP contribution is -2.45. The number of hydrogen-bond acceptors (Lipinski definition) is 4. The maximum Gasteiger partial charge on any atom is 0.309 e. The van der Waals surface area contributed by atoms with Crippen LogP contribution in [0.15, 0.2) is 0 Å². The number of nitrogens with zero attached hydrogens (tertiary/aromatic N) is 1. The van der Waals surface area contributed by atoms with E-state index in [-0.39, 0.29) is 30.7 Å². The maximum atomic E-state index is 12.8. The summed E-state index contributed by atoms with van der Waals surface area (Å²) in [6.07, 6.45) is 12.5. The number of esters is 1. The van der Waals surface area contributed by atoms with E-state index < -0.39 is 12.1 Å². The number of quaternary nitrogens is 1. The lowest BCUT2D eigenvalue weighted by molar-refractivity contribution is -0.873. The molecule has 0 aliphatic heterocycles. The molecule has 0 aliphatic carbocycles. The van der Waals surface area contributed by atoms with Gasteiger partial charge in [0.05, 0.1) is 27.1 Å². The lowest BCUT2D eigenvalue weighted by Gasteiger charge is -2.30. The minimum atomic E-state index is -1.17. The van der Waals surface area contributed by atoms with Crippen LogP contribution < -0.4 is 5.11 Å². The molecule has 2 atom stereocenters. The van der Waals surface area contributed by atoms with Crippen LogP contribution in [0.5, 0.6) is 0 Å². The summed E-state index contributed by atoms with van der Waals surface area (Å²) in [6.45, 7) is 4.86. The number of carboxylic acids is 1. The van der Waals surface area contributed by atoms with Crippen LogP contribution in [-0.2, 0) is 14.3 Å². The monoisotopic (exact) mass is 435 g/mol. The van der Waals surface area contributed by atoms with Gasteiger partial charge in [0, 0.05) is 12.4 Å². The quantitative estimate of drug-likeness (QED) is 0.180. The van der Waals surface area contributed by atoms with E-state index in [2.05, 4.69) is 13.8 Å². The molecular formula is C23H46ClNO4. The smallest absolute Gasteiger partial charge is 0.309 e. The highest BCUT2D eigenvalue weighted by Gasteiger charge is 2.26. The number of likely N-dealkylation sites (N-methyl/N-ethyl adjacent to an activating group) is 1. The maximum absolute atomic E-state index is 12.8. The number of rotatable bonds is 18. The van der Waals surface area contributed by atoms with Crippen molar-refractivity contribution < 1.29 is 23.9 Å². The molecule has 0 heterocycles. The van der Waals surface area contributed by atoms with Gasteiger partial charge in [-0.05, 0) is 12.8 Å². The second kappa shape index (κ2) is 18.0. The van der Waals surface area contributed by atoms with Gasteiger partial charge in [-0.3, -0.25) is 4.79 Å². The molecule has 5 nitrogen and oxygen atoms in total. The molecule has 0 aliphatic rings. The van der Waals surface area contributed by atoms with E-state index in [1.54, 1.807) is 0 Å². The van der Waals surface area contributed by atoms with Crippen LogP contribution in [0.2, 0.25) is 0 Å². The molecule has 0 bridgehead atoms. The second-order valence-corrected chi connectivity index (χ2v) is 9.21. The van der Waals surface area contributed by atoms with E-state index in [0.29, 0.717) is 11.0 Å². The third-order valence-electron chi connectivity index (χ3n) is 5.07. The summed E-state index contributed by atoms with van der Waals surface area (Å²) in [5, 5.41) is 11.1. The van der Waals surface area contributed by atoms with Gasteiger partial charge in [-0.1, -0.05) is 78.1 Å². The Balaban J connectivity index is 0. The van der Waals surface area contributed by atoms with Crippen LogP contribution in [0.3, 0.4) is 0 Å². The summed E-state index contributed by atoms with van der Waals surface area (Å²) in [7, 11) is 5.90. The van der Waals surface area contributed by atoms with Gasteiger partial charge in [-0.15, -0.1) is 12.4 Å². The molecule has 0 rings (SSSR count). The highest BCUT2D eigenvalue weighted by atomic mass is 35.5. The fraction of sp³-hybridized carbons (Fsp3) is 0.913. The van der Waals surface area contributed by atoms with Gasteiger partial charge in [0.15, 0.2) is 6.10 Å². The first-order valence-corrected chi connectivity index (χ1v) is 11.4. The standard InChI is InChI=1S/C23H45NO4.ClH/c1-6-8-10-12-13-15-17-20(16-14-11-9-7-2)23(27)28-21(18-22(25)26)19-24(3,4)5;/h20-21H,6-19H2,1-5H3;1H/t20?,21-;/m1./s1. The average Bonchev–Trinajstić information content (AvgIpc) is 2.57. The van der Waals surface area contributed by atoms with Crippen molar-refractivity contribution >= 4 is 24.3 Å². The van der Waals surface area contributed by atoms with Gasteiger partial charge in [0.25, 0.3) is 0 Å². The van der Waals surface area contributed by atoms with Crippen molar-refractivity contribution in [1.29, 1.82) is 0 Å². The predicted molar refractivity (Wildman–Crippen MR) is 120 cm³/mol.